The lowest BCUT2D eigenvalue weighted by Crippen LogP contribution is -2.36. The highest BCUT2D eigenvalue weighted by Gasteiger charge is 2.61. The second kappa shape index (κ2) is 2.53. The van der Waals surface area contributed by atoms with Crippen LogP contribution in [0.25, 0.3) is 0 Å². The molecule has 0 spiro atoms. The zero-order valence-electron chi connectivity index (χ0n) is 8.08. The first-order valence-electron chi connectivity index (χ1n) is 4.76. The minimum absolute atomic E-state index is 0.0955. The molecule has 13 heavy (non-hydrogen) atoms. The molecule has 2 fully saturated rings. The smallest absolute Gasteiger partial charge is 0.0552 e. The van der Waals surface area contributed by atoms with Crippen LogP contribution in [0.2, 0.25) is 0 Å². The molecule has 2 saturated carbocycles. The van der Waals surface area contributed by atoms with Gasteiger partial charge in [-0.25, -0.2) is 0 Å². The Morgan fingerprint density at radius 2 is 2.31 bits per heavy atom. The first-order valence-corrected chi connectivity index (χ1v) is 5.17. The van der Waals surface area contributed by atoms with Gasteiger partial charge in [0.1, 0.15) is 0 Å². The van der Waals surface area contributed by atoms with E-state index in [1.54, 1.807) is 6.21 Å². The van der Waals surface area contributed by atoms with Gasteiger partial charge in [-0.15, -0.1) is 5.16 Å². The molecule has 72 valence electrons. The molecule has 0 amide bonds. The Balaban J connectivity index is 2.49. The number of rotatable bonds is 1. The minimum Gasteiger partial charge on any atom is -0.411 e. The predicted molar refractivity (Wildman–Crippen MR) is 56.4 cm³/mol. The highest BCUT2D eigenvalue weighted by molar-refractivity contribution is 7.80. The first kappa shape index (κ1) is 9.13. The molecule has 0 aromatic heterocycles. The fraction of sp³-hybridized carbons (Fsp3) is 0.800. The van der Waals surface area contributed by atoms with E-state index >= 15 is 0 Å². The number of hydrogen-bond donors (Lipinski definition) is 1. The summed E-state index contributed by atoms with van der Waals surface area (Å²) < 4.78 is 0. The number of hydrogen-bond acceptors (Lipinski definition) is 3. The average Bonchev–Trinajstić information content (AvgIpc) is 2.38. The molecular formula is C10H15NOS. The Hall–Kier alpha value is -0.440. The number of thiocarbonyl (C=S) groups is 1. The molecule has 0 saturated heterocycles. The number of nitrogens with zero attached hydrogens (tertiary/aromatic N) is 1. The Labute approximate surface area is 84.0 Å². The van der Waals surface area contributed by atoms with Crippen molar-refractivity contribution in [1.82, 2.24) is 0 Å². The van der Waals surface area contributed by atoms with Crippen molar-refractivity contribution in [2.45, 2.75) is 33.1 Å². The topological polar surface area (TPSA) is 32.6 Å². The van der Waals surface area contributed by atoms with Gasteiger partial charge in [-0.05, 0) is 30.6 Å². The van der Waals surface area contributed by atoms with Gasteiger partial charge in [0.05, 0.1) is 6.21 Å². The standard InChI is InChI=1S/C10H15NOS/c1-9(2)7-3-4-10(9,6-11-12)8(13)5-7/h6-7,12H,3-5H2,1-2H3. The van der Waals surface area contributed by atoms with Crippen molar-refractivity contribution in [2.24, 2.45) is 21.9 Å². The fourth-order valence-corrected chi connectivity index (χ4v) is 3.73. The lowest BCUT2D eigenvalue weighted by molar-refractivity contribution is 0.230. The first-order chi connectivity index (χ1) is 6.04. The second-order valence-electron chi connectivity index (χ2n) is 4.80. The Morgan fingerprint density at radius 3 is 2.69 bits per heavy atom. The zero-order valence-corrected chi connectivity index (χ0v) is 8.90. The third-order valence-electron chi connectivity index (χ3n) is 4.27. The van der Waals surface area contributed by atoms with E-state index in [1.807, 2.05) is 0 Å². The summed E-state index contributed by atoms with van der Waals surface area (Å²) in [6.07, 6.45) is 4.99. The van der Waals surface area contributed by atoms with Crippen LogP contribution in [0.5, 0.6) is 0 Å². The molecule has 2 rings (SSSR count). The van der Waals surface area contributed by atoms with Crippen molar-refractivity contribution in [3.8, 4) is 0 Å². The van der Waals surface area contributed by atoms with Gasteiger partial charge < -0.3 is 5.21 Å². The molecule has 2 aliphatic rings. The lowest BCUT2D eigenvalue weighted by atomic mass is 9.70. The Morgan fingerprint density at radius 1 is 1.62 bits per heavy atom. The predicted octanol–water partition coefficient (Wildman–Crippen LogP) is 2.64. The molecule has 0 aromatic rings. The maximum Gasteiger partial charge on any atom is 0.0552 e. The van der Waals surface area contributed by atoms with E-state index in [4.69, 9.17) is 17.4 Å². The summed E-state index contributed by atoms with van der Waals surface area (Å²) in [6.45, 7) is 4.48. The van der Waals surface area contributed by atoms with Crippen LogP contribution in [0.3, 0.4) is 0 Å². The Bertz CT molecular complexity index is 285. The van der Waals surface area contributed by atoms with Gasteiger partial charge in [0.25, 0.3) is 0 Å². The Kier molecular flexibility index (Phi) is 1.78. The van der Waals surface area contributed by atoms with Crippen molar-refractivity contribution in [1.29, 1.82) is 0 Å². The van der Waals surface area contributed by atoms with Crippen molar-refractivity contribution in [3.63, 3.8) is 0 Å². The van der Waals surface area contributed by atoms with E-state index in [0.29, 0.717) is 5.92 Å². The van der Waals surface area contributed by atoms with Crippen LogP contribution < -0.4 is 0 Å². The van der Waals surface area contributed by atoms with Crippen LogP contribution in [-0.4, -0.2) is 16.3 Å². The van der Waals surface area contributed by atoms with E-state index in [1.165, 1.54) is 6.42 Å². The molecule has 0 radical (unpaired) electrons. The summed E-state index contributed by atoms with van der Waals surface area (Å²) in [7, 11) is 0. The molecule has 3 heteroatoms. The van der Waals surface area contributed by atoms with Crippen LogP contribution in [0.4, 0.5) is 0 Å². The highest BCUT2D eigenvalue weighted by Crippen LogP contribution is 2.63. The third kappa shape index (κ3) is 0.885. The molecule has 2 aliphatic carbocycles. The van der Waals surface area contributed by atoms with Crippen molar-refractivity contribution in [2.75, 3.05) is 0 Å². The summed E-state index contributed by atoms with van der Waals surface area (Å²) in [5.74, 6) is 0.693. The molecule has 2 bridgehead atoms. The van der Waals surface area contributed by atoms with Gasteiger partial charge in [0, 0.05) is 10.3 Å². The fourth-order valence-electron chi connectivity index (χ4n) is 3.11. The van der Waals surface area contributed by atoms with Gasteiger partial charge in [0.15, 0.2) is 0 Å². The summed E-state index contributed by atoms with van der Waals surface area (Å²) in [5, 5.41) is 11.9. The largest absolute Gasteiger partial charge is 0.411 e. The molecule has 2 atom stereocenters. The molecule has 2 unspecified atom stereocenters. The maximum absolute atomic E-state index is 8.70. The SMILES string of the molecule is CC1(C)C2CCC1(C=NO)C(=S)C2. The van der Waals surface area contributed by atoms with Gasteiger partial charge in [-0.1, -0.05) is 26.1 Å². The highest BCUT2D eigenvalue weighted by atomic mass is 32.1. The van der Waals surface area contributed by atoms with Crippen molar-refractivity contribution < 1.29 is 5.21 Å². The van der Waals surface area contributed by atoms with Crippen molar-refractivity contribution >= 4 is 23.3 Å². The van der Waals surface area contributed by atoms with E-state index < -0.39 is 0 Å². The molecule has 0 aromatic carbocycles. The summed E-state index contributed by atoms with van der Waals surface area (Å²) in [6, 6.07) is 0. The van der Waals surface area contributed by atoms with Crippen LogP contribution in [0.1, 0.15) is 33.1 Å². The van der Waals surface area contributed by atoms with Crippen LogP contribution in [0, 0.1) is 16.7 Å². The quantitative estimate of drug-likeness (QED) is 0.303. The van der Waals surface area contributed by atoms with Gasteiger partial charge in [-0.2, -0.15) is 0 Å². The summed E-state index contributed by atoms with van der Waals surface area (Å²) in [5.41, 5.74) is 0.0953. The lowest BCUT2D eigenvalue weighted by Gasteiger charge is -2.33. The number of fused-ring (bicyclic) bond motifs is 2. The van der Waals surface area contributed by atoms with Crippen LogP contribution in [0.15, 0.2) is 5.16 Å². The van der Waals surface area contributed by atoms with E-state index in [-0.39, 0.29) is 10.8 Å². The monoisotopic (exact) mass is 197 g/mol. The zero-order chi connectivity index (χ0) is 9.69. The molecule has 2 nitrogen and oxygen atoms in total. The number of oxime groups is 1. The third-order valence-corrected chi connectivity index (χ3v) is 4.80. The van der Waals surface area contributed by atoms with E-state index in [2.05, 4.69) is 19.0 Å². The van der Waals surface area contributed by atoms with Crippen molar-refractivity contribution in [3.05, 3.63) is 0 Å². The van der Waals surface area contributed by atoms with Gasteiger partial charge >= 0.3 is 0 Å². The minimum atomic E-state index is -0.0955. The normalized spacial score (nSPS) is 42.0. The van der Waals surface area contributed by atoms with Crippen LogP contribution in [-0.2, 0) is 0 Å². The molecule has 1 N–H and O–H groups in total. The van der Waals surface area contributed by atoms with E-state index in [9.17, 15) is 0 Å². The van der Waals surface area contributed by atoms with Gasteiger partial charge in [0.2, 0.25) is 0 Å². The average molecular weight is 197 g/mol. The summed E-state index contributed by atoms with van der Waals surface area (Å²) in [4.78, 5) is 1.09. The second-order valence-corrected chi connectivity index (χ2v) is 5.29. The van der Waals surface area contributed by atoms with Gasteiger partial charge in [-0.3, -0.25) is 0 Å². The summed E-state index contributed by atoms with van der Waals surface area (Å²) >= 11 is 5.39. The van der Waals surface area contributed by atoms with Crippen LogP contribution >= 0.6 is 12.2 Å². The maximum atomic E-state index is 8.70. The molecular weight excluding hydrogens is 182 g/mol. The molecule has 0 heterocycles. The molecule has 0 aliphatic heterocycles. The van der Waals surface area contributed by atoms with E-state index in [0.717, 1.165) is 17.7 Å².